The maximum absolute atomic E-state index is 8.11. The second-order valence-corrected chi connectivity index (χ2v) is 0.428. The minimum absolute atomic E-state index is 1.25. The van der Waals surface area contributed by atoms with Gasteiger partial charge in [0, 0.05) is 0 Å². The van der Waals surface area contributed by atoms with E-state index in [1.54, 1.807) is 0 Å². The van der Waals surface area contributed by atoms with Crippen LogP contribution in [0.5, 0.6) is 0 Å². The summed E-state index contributed by atoms with van der Waals surface area (Å²) in [6, 6.07) is 0. The van der Waals surface area contributed by atoms with Gasteiger partial charge in [0.15, 0.2) is 5.34 Å². The summed E-state index contributed by atoms with van der Waals surface area (Å²) >= 11 is 0. The highest BCUT2D eigenvalue weighted by atomic mass is 16.6. The molecule has 0 saturated heterocycles. The molecule has 0 spiro atoms. The van der Waals surface area contributed by atoms with Gasteiger partial charge in [0.1, 0.15) is 0 Å². The summed E-state index contributed by atoms with van der Waals surface area (Å²) in [4.78, 5) is 8.11. The summed E-state index contributed by atoms with van der Waals surface area (Å²) in [5, 5.41) is 29.4. The van der Waals surface area contributed by atoms with Crippen molar-refractivity contribution in [3.63, 3.8) is 0 Å². The van der Waals surface area contributed by atoms with E-state index in [2.05, 4.69) is 0 Å². The Bertz CT molecular complexity index is 32.3. The average molecular weight is 109 g/mol. The third kappa shape index (κ3) is 139. The van der Waals surface area contributed by atoms with Gasteiger partial charge in [0.2, 0.25) is 0 Å². The molecular weight excluding hydrogens is 105 g/mol. The van der Waals surface area contributed by atoms with Crippen molar-refractivity contribution in [2.45, 2.75) is 0 Å². The Labute approximate surface area is 39.1 Å². The number of rotatable bonds is 0. The van der Waals surface area contributed by atoms with Crippen molar-refractivity contribution in [3.05, 3.63) is 4.91 Å². The Morgan fingerprint density at radius 2 is 1.29 bits per heavy atom. The van der Waals surface area contributed by atoms with Crippen LogP contribution in [0.3, 0.4) is 0 Å². The zero-order valence-corrected chi connectivity index (χ0v) is 3.22. The normalized spacial score (nSPS) is 5.57. The van der Waals surface area contributed by atoms with Crippen molar-refractivity contribution in [3.8, 4) is 0 Å². The molecule has 0 aliphatic carbocycles. The largest absolute Gasteiger partial charge is 0.631 e. The molecule has 0 fully saturated rings. The molecule has 0 aromatic rings. The van der Waals surface area contributed by atoms with Gasteiger partial charge >= 0.3 is 7.32 Å². The quantitative estimate of drug-likeness (QED) is 0.165. The minimum Gasteiger partial charge on any atom is -0.402 e. The Morgan fingerprint density at radius 3 is 1.29 bits per heavy atom. The monoisotopic (exact) mass is 109 g/mol. The fourth-order valence-electron chi connectivity index (χ4n) is 0. The van der Waals surface area contributed by atoms with Gasteiger partial charge in [0.05, 0.1) is 0 Å². The van der Waals surface area contributed by atoms with Crippen LogP contribution in [0.4, 0.5) is 0 Å². The molecule has 7 heteroatoms. The number of nitrogens with zero attached hydrogens (tertiary/aromatic N) is 1. The molecule has 42 valence electrons. The molecule has 0 saturated carbocycles. The highest BCUT2D eigenvalue weighted by Crippen LogP contribution is 1.40. The van der Waals surface area contributed by atoms with Crippen molar-refractivity contribution in [2.24, 2.45) is 5.34 Å². The second kappa shape index (κ2) is 9.02. The van der Waals surface area contributed by atoms with Crippen molar-refractivity contribution in [2.75, 3.05) is 0 Å². The van der Waals surface area contributed by atoms with Crippen molar-refractivity contribution >= 4 is 7.32 Å². The van der Waals surface area contributed by atoms with Crippen LogP contribution in [0.15, 0.2) is 5.34 Å². The van der Waals surface area contributed by atoms with Gasteiger partial charge in [-0.15, -0.1) is 4.91 Å². The molecule has 7 heavy (non-hydrogen) atoms. The van der Waals surface area contributed by atoms with Crippen LogP contribution in [0.1, 0.15) is 0 Å². The lowest BCUT2D eigenvalue weighted by Crippen LogP contribution is -2.07. The lowest BCUT2D eigenvalue weighted by Gasteiger charge is -1.69. The Balaban J connectivity index is 0. The molecule has 0 radical (unpaired) electrons. The molecule has 0 aromatic carbocycles. The lowest BCUT2D eigenvalue weighted by molar-refractivity contribution is 0.278. The smallest absolute Gasteiger partial charge is 0.402 e. The summed E-state index contributed by atoms with van der Waals surface area (Å²) in [6.07, 6.45) is 0. The van der Waals surface area contributed by atoms with Crippen LogP contribution in [-0.4, -0.2) is 27.6 Å². The molecule has 0 atom stereocenters. The molecule has 0 aliphatic rings. The molecule has 0 amide bonds. The van der Waals surface area contributed by atoms with Crippen molar-refractivity contribution in [1.29, 1.82) is 0 Å². The van der Waals surface area contributed by atoms with E-state index in [0.717, 1.165) is 0 Å². The van der Waals surface area contributed by atoms with Crippen LogP contribution >= 0.6 is 0 Å². The van der Waals surface area contributed by atoms with E-state index in [-0.39, 0.29) is 0 Å². The summed E-state index contributed by atoms with van der Waals surface area (Å²) in [6.45, 7) is 0. The SMILES string of the molecule is O=NO.OB(O)O. The molecule has 0 bridgehead atoms. The second-order valence-electron chi connectivity index (χ2n) is 0.428. The fraction of sp³-hybridized carbons (Fsp3) is 0. The van der Waals surface area contributed by atoms with Crippen molar-refractivity contribution < 1.29 is 20.3 Å². The lowest BCUT2D eigenvalue weighted by atomic mass is 10.3. The third-order valence-corrected chi connectivity index (χ3v) is 0. The molecular formula is H4BNO5. The van der Waals surface area contributed by atoms with Gasteiger partial charge in [-0.25, -0.2) is 0 Å². The maximum atomic E-state index is 8.11. The predicted molar refractivity (Wildman–Crippen MR) is 20.0 cm³/mol. The standard InChI is InChI=1S/BH3O3.HNO2/c2-1(3)4;2-1-3/h2-4H;(H,2,3). The zero-order chi connectivity index (χ0) is 6.28. The van der Waals surface area contributed by atoms with E-state index in [0.29, 0.717) is 0 Å². The van der Waals surface area contributed by atoms with Gasteiger partial charge < -0.3 is 20.3 Å². The van der Waals surface area contributed by atoms with Gasteiger partial charge in [-0.2, -0.15) is 0 Å². The highest BCUT2D eigenvalue weighted by molar-refractivity contribution is 6.30. The predicted octanol–water partition coefficient (Wildman–Crippen LogP) is -1.91. The first-order chi connectivity index (χ1) is 3.15. The molecule has 0 rings (SSSR count). The van der Waals surface area contributed by atoms with E-state index < -0.39 is 7.32 Å². The number of hydrogen-bond donors (Lipinski definition) is 4. The van der Waals surface area contributed by atoms with Gasteiger partial charge in [-0.3, -0.25) is 0 Å². The van der Waals surface area contributed by atoms with Crippen molar-refractivity contribution in [1.82, 2.24) is 0 Å². The average Bonchev–Trinajstić information content (AvgIpc) is 1.33. The molecule has 0 unspecified atom stereocenters. The van der Waals surface area contributed by atoms with Crippen LogP contribution < -0.4 is 0 Å². The highest BCUT2D eigenvalue weighted by Gasteiger charge is 1.92. The van der Waals surface area contributed by atoms with E-state index in [1.165, 1.54) is 5.34 Å². The summed E-state index contributed by atoms with van der Waals surface area (Å²) < 4.78 is 0. The van der Waals surface area contributed by atoms with E-state index in [9.17, 15) is 0 Å². The number of hydrogen-bond acceptors (Lipinski definition) is 5. The van der Waals surface area contributed by atoms with E-state index in [4.69, 9.17) is 25.2 Å². The van der Waals surface area contributed by atoms with Gasteiger partial charge in [-0.05, 0) is 0 Å². The molecule has 0 heterocycles. The summed E-state index contributed by atoms with van der Waals surface area (Å²) in [5.41, 5.74) is 0. The first-order valence-corrected chi connectivity index (χ1v) is 1.16. The van der Waals surface area contributed by atoms with Gasteiger partial charge in [-0.1, -0.05) is 0 Å². The van der Waals surface area contributed by atoms with Crippen LogP contribution in [0, 0.1) is 4.91 Å². The fourth-order valence-corrected chi connectivity index (χ4v) is 0. The molecule has 4 N–H and O–H groups in total. The Morgan fingerprint density at radius 1 is 1.29 bits per heavy atom. The summed E-state index contributed by atoms with van der Waals surface area (Å²) in [5.74, 6) is 0. The minimum atomic E-state index is -2.17. The molecule has 0 aliphatic heterocycles. The maximum Gasteiger partial charge on any atom is 0.631 e. The Kier molecular flexibility index (Phi) is 12.4. The van der Waals surface area contributed by atoms with Crippen LogP contribution in [-0.2, 0) is 0 Å². The van der Waals surface area contributed by atoms with Crippen LogP contribution in [0.25, 0.3) is 0 Å². The van der Waals surface area contributed by atoms with Crippen LogP contribution in [0.2, 0.25) is 0 Å². The third-order valence-electron chi connectivity index (χ3n) is 0. The molecule has 0 aromatic heterocycles. The van der Waals surface area contributed by atoms with E-state index >= 15 is 0 Å². The molecule has 6 nitrogen and oxygen atoms in total. The first kappa shape index (κ1) is 9.60. The first-order valence-electron chi connectivity index (χ1n) is 1.16. The Hall–Kier alpha value is -0.655. The van der Waals surface area contributed by atoms with Gasteiger partial charge in [0.25, 0.3) is 0 Å². The van der Waals surface area contributed by atoms with E-state index in [1.807, 2.05) is 0 Å². The zero-order valence-electron chi connectivity index (χ0n) is 3.22. The summed E-state index contributed by atoms with van der Waals surface area (Å²) in [7, 11) is -2.17. The topological polar surface area (TPSA) is 110 Å².